The van der Waals surface area contributed by atoms with Crippen molar-refractivity contribution in [3.05, 3.63) is 81.4 Å². The van der Waals surface area contributed by atoms with Crippen molar-refractivity contribution in [1.29, 1.82) is 0 Å². The molecule has 0 radical (unpaired) electrons. The van der Waals surface area contributed by atoms with E-state index in [2.05, 4.69) is 10.3 Å². The first-order valence-corrected chi connectivity index (χ1v) is 8.86. The predicted octanol–water partition coefficient (Wildman–Crippen LogP) is 5.91. The van der Waals surface area contributed by atoms with Gasteiger partial charge in [-0.3, -0.25) is 10.1 Å². The first kappa shape index (κ1) is 20.5. The Balaban J connectivity index is 1.82. The third kappa shape index (κ3) is 3.75. The van der Waals surface area contributed by atoms with Gasteiger partial charge in [0.15, 0.2) is 11.5 Å². The fraction of sp³-hybridized carbons (Fsp3) is 0.0526. The normalized spacial score (nSPS) is 11.6. The van der Waals surface area contributed by atoms with Crippen LogP contribution >= 0.6 is 11.6 Å². The third-order valence-corrected chi connectivity index (χ3v) is 4.65. The average molecular weight is 453 g/mol. The van der Waals surface area contributed by atoms with Crippen LogP contribution in [0.4, 0.5) is 23.2 Å². The summed E-state index contributed by atoms with van der Waals surface area (Å²) in [6.45, 7) is 0. The number of aromatic nitrogens is 3. The van der Waals surface area contributed by atoms with Crippen molar-refractivity contribution in [3.8, 4) is 28.3 Å². The Labute approximate surface area is 175 Å². The second-order valence-electron chi connectivity index (χ2n) is 6.26. The molecule has 7 nitrogen and oxygen atoms in total. The fourth-order valence-electron chi connectivity index (χ4n) is 2.98. The third-order valence-electron chi connectivity index (χ3n) is 4.34. The number of alkyl halides is 3. The highest BCUT2D eigenvalue weighted by molar-refractivity contribution is 6.33. The summed E-state index contributed by atoms with van der Waals surface area (Å²) in [5.41, 5.74) is -2.18. The van der Waals surface area contributed by atoms with Crippen LogP contribution in [0.1, 0.15) is 5.69 Å². The maximum atomic E-state index is 14.1. The zero-order valence-corrected chi connectivity index (χ0v) is 15.9. The standard InChI is InChI=1S/C19H9ClF4N4O3/c20-13-2-1-3-14(21)17(13)15-8-16(31-26-15)12-9-25-27(18(12)19(22,23)24)10-4-6-11(7-5-10)28(29)30/h1-9H. The molecule has 0 saturated carbocycles. The minimum absolute atomic E-state index is 0.0115. The van der Waals surface area contributed by atoms with Gasteiger partial charge >= 0.3 is 6.18 Å². The summed E-state index contributed by atoms with van der Waals surface area (Å²) < 4.78 is 61.3. The molecular weight excluding hydrogens is 444 g/mol. The van der Waals surface area contributed by atoms with Crippen molar-refractivity contribution in [2.45, 2.75) is 6.18 Å². The Morgan fingerprint density at radius 3 is 2.45 bits per heavy atom. The zero-order chi connectivity index (χ0) is 22.3. The smallest absolute Gasteiger partial charge is 0.356 e. The van der Waals surface area contributed by atoms with Gasteiger partial charge in [-0.25, -0.2) is 9.07 Å². The highest BCUT2D eigenvalue weighted by Gasteiger charge is 2.40. The van der Waals surface area contributed by atoms with Gasteiger partial charge < -0.3 is 4.52 Å². The molecule has 0 atom stereocenters. The molecular formula is C19H9ClF4N4O3. The van der Waals surface area contributed by atoms with Crippen molar-refractivity contribution >= 4 is 17.3 Å². The maximum Gasteiger partial charge on any atom is 0.434 e. The molecule has 0 fully saturated rings. The lowest BCUT2D eigenvalue weighted by molar-refractivity contribution is -0.384. The van der Waals surface area contributed by atoms with Crippen LogP contribution in [-0.4, -0.2) is 19.9 Å². The Hall–Kier alpha value is -3.73. The first-order chi connectivity index (χ1) is 14.7. The lowest BCUT2D eigenvalue weighted by atomic mass is 10.1. The number of benzene rings is 2. The van der Waals surface area contributed by atoms with Crippen LogP contribution in [0.5, 0.6) is 0 Å². The van der Waals surface area contributed by atoms with E-state index in [1.165, 1.54) is 12.1 Å². The minimum Gasteiger partial charge on any atom is -0.356 e. The molecule has 0 spiro atoms. The number of halogens is 5. The van der Waals surface area contributed by atoms with Gasteiger partial charge in [-0.15, -0.1) is 0 Å². The van der Waals surface area contributed by atoms with Gasteiger partial charge in [-0.2, -0.15) is 18.3 Å². The number of rotatable bonds is 4. The molecule has 0 amide bonds. The molecule has 12 heteroatoms. The van der Waals surface area contributed by atoms with Gasteiger partial charge in [0, 0.05) is 18.2 Å². The second kappa shape index (κ2) is 7.51. The van der Waals surface area contributed by atoms with Crippen LogP contribution in [-0.2, 0) is 6.18 Å². The van der Waals surface area contributed by atoms with E-state index >= 15 is 0 Å². The molecule has 0 saturated heterocycles. The van der Waals surface area contributed by atoms with Gasteiger partial charge in [0.05, 0.1) is 33.0 Å². The van der Waals surface area contributed by atoms with Gasteiger partial charge in [-0.1, -0.05) is 22.8 Å². The Kier molecular flexibility index (Phi) is 4.97. The average Bonchev–Trinajstić information content (AvgIpc) is 3.35. The van der Waals surface area contributed by atoms with Crippen LogP contribution in [0, 0.1) is 15.9 Å². The molecule has 4 aromatic rings. The van der Waals surface area contributed by atoms with Crippen LogP contribution in [0.15, 0.2) is 59.3 Å². The Morgan fingerprint density at radius 2 is 1.84 bits per heavy atom. The number of nitrogens with zero attached hydrogens (tertiary/aromatic N) is 4. The van der Waals surface area contributed by atoms with Crippen molar-refractivity contribution in [2.24, 2.45) is 0 Å². The fourth-order valence-corrected chi connectivity index (χ4v) is 3.24. The van der Waals surface area contributed by atoms with Gasteiger partial charge in [0.25, 0.3) is 5.69 Å². The van der Waals surface area contributed by atoms with E-state index in [4.69, 9.17) is 16.1 Å². The van der Waals surface area contributed by atoms with E-state index in [9.17, 15) is 27.7 Å². The molecule has 4 rings (SSSR count). The monoisotopic (exact) mass is 452 g/mol. The van der Waals surface area contributed by atoms with Crippen LogP contribution in [0.25, 0.3) is 28.3 Å². The molecule has 0 aliphatic carbocycles. The van der Waals surface area contributed by atoms with Crippen molar-refractivity contribution in [2.75, 3.05) is 0 Å². The number of hydrogen-bond acceptors (Lipinski definition) is 5. The van der Waals surface area contributed by atoms with Crippen LogP contribution in [0.2, 0.25) is 5.02 Å². The topological polar surface area (TPSA) is 87.0 Å². The molecule has 31 heavy (non-hydrogen) atoms. The number of nitro groups is 1. The van der Waals surface area contributed by atoms with Crippen LogP contribution < -0.4 is 0 Å². The predicted molar refractivity (Wildman–Crippen MR) is 101 cm³/mol. The number of nitro benzene ring substituents is 1. The van der Waals surface area contributed by atoms with E-state index < -0.39 is 28.2 Å². The van der Waals surface area contributed by atoms with Crippen molar-refractivity contribution < 1.29 is 27.0 Å². The molecule has 0 aliphatic rings. The Morgan fingerprint density at radius 1 is 1.13 bits per heavy atom. The molecule has 158 valence electrons. The molecule has 0 aliphatic heterocycles. The van der Waals surface area contributed by atoms with Gasteiger partial charge in [0.1, 0.15) is 11.5 Å². The first-order valence-electron chi connectivity index (χ1n) is 8.48. The molecule has 0 unspecified atom stereocenters. The highest BCUT2D eigenvalue weighted by Crippen LogP contribution is 2.40. The summed E-state index contributed by atoms with van der Waals surface area (Å²) in [5.74, 6) is -1.03. The lowest BCUT2D eigenvalue weighted by Gasteiger charge is -2.11. The second-order valence-corrected chi connectivity index (χ2v) is 6.67. The summed E-state index contributed by atoms with van der Waals surface area (Å²) in [7, 11) is 0. The van der Waals surface area contributed by atoms with E-state index in [0.717, 1.165) is 42.6 Å². The largest absolute Gasteiger partial charge is 0.434 e. The summed E-state index contributed by atoms with van der Waals surface area (Å²) >= 11 is 5.98. The minimum atomic E-state index is -4.86. The summed E-state index contributed by atoms with van der Waals surface area (Å²) in [6.07, 6.45) is -3.95. The van der Waals surface area contributed by atoms with Crippen molar-refractivity contribution in [1.82, 2.24) is 14.9 Å². The SMILES string of the molecule is O=[N+]([O-])c1ccc(-n2ncc(-c3cc(-c4c(F)cccc4Cl)no3)c2C(F)(F)F)cc1. The molecule has 2 heterocycles. The molecule has 2 aromatic carbocycles. The number of hydrogen-bond donors (Lipinski definition) is 0. The van der Waals surface area contributed by atoms with Gasteiger partial charge in [0.2, 0.25) is 0 Å². The number of non-ortho nitro benzene ring substituents is 1. The quantitative estimate of drug-likeness (QED) is 0.218. The van der Waals surface area contributed by atoms with Crippen LogP contribution in [0.3, 0.4) is 0 Å². The van der Waals surface area contributed by atoms with E-state index in [-0.39, 0.29) is 33.4 Å². The summed E-state index contributed by atoms with van der Waals surface area (Å²) in [5, 5.41) is 18.2. The Bertz CT molecular complexity index is 1260. The van der Waals surface area contributed by atoms with Crippen molar-refractivity contribution in [3.63, 3.8) is 0 Å². The highest BCUT2D eigenvalue weighted by atomic mass is 35.5. The molecule has 0 N–H and O–H groups in total. The van der Waals surface area contributed by atoms with Gasteiger partial charge in [-0.05, 0) is 24.3 Å². The lowest BCUT2D eigenvalue weighted by Crippen LogP contribution is -2.14. The molecule has 0 bridgehead atoms. The summed E-state index contributed by atoms with van der Waals surface area (Å²) in [6, 6.07) is 9.41. The van der Waals surface area contributed by atoms with E-state index in [0.29, 0.717) is 4.68 Å². The zero-order valence-electron chi connectivity index (χ0n) is 15.1. The molecule has 2 aromatic heterocycles. The van der Waals surface area contributed by atoms with E-state index in [1.54, 1.807) is 0 Å². The van der Waals surface area contributed by atoms with E-state index in [1.807, 2.05) is 0 Å². The summed E-state index contributed by atoms with van der Waals surface area (Å²) in [4.78, 5) is 10.1. The maximum absolute atomic E-state index is 14.1.